The van der Waals surface area contributed by atoms with E-state index in [1.165, 1.54) is 24.3 Å². The number of hydrogen-bond donors (Lipinski definition) is 3. The number of ether oxygens (including phenoxy) is 1. The van der Waals surface area contributed by atoms with Crippen LogP contribution in [0.5, 0.6) is 0 Å². The van der Waals surface area contributed by atoms with Crippen LogP contribution in [0.25, 0.3) is 0 Å². The van der Waals surface area contributed by atoms with Crippen molar-refractivity contribution < 1.29 is 13.9 Å². The summed E-state index contributed by atoms with van der Waals surface area (Å²) in [5.74, 6) is -0.331. The minimum Gasteiger partial charge on any atom is -0.374 e. The predicted octanol–water partition coefficient (Wildman–Crippen LogP) is 0.936. The number of carbonyl (C=O) groups is 1. The summed E-state index contributed by atoms with van der Waals surface area (Å²) in [7, 11) is 0. The second-order valence-corrected chi connectivity index (χ2v) is 4.04. The van der Waals surface area contributed by atoms with E-state index in [0.29, 0.717) is 18.8 Å². The number of amides is 2. The molecule has 0 saturated carbocycles. The van der Waals surface area contributed by atoms with Gasteiger partial charge in [-0.3, -0.25) is 0 Å². The Morgan fingerprint density at radius 2 is 2.22 bits per heavy atom. The van der Waals surface area contributed by atoms with Crippen LogP contribution in [0.3, 0.4) is 0 Å². The molecule has 0 aromatic heterocycles. The zero-order chi connectivity index (χ0) is 12.8. The van der Waals surface area contributed by atoms with Gasteiger partial charge in [-0.2, -0.15) is 0 Å². The Hall–Kier alpha value is -1.66. The molecule has 6 heteroatoms. The van der Waals surface area contributed by atoms with Crippen LogP contribution in [-0.2, 0) is 4.74 Å². The number of anilines is 1. The van der Waals surface area contributed by atoms with Gasteiger partial charge < -0.3 is 20.7 Å². The summed E-state index contributed by atoms with van der Waals surface area (Å²) in [5, 5.41) is 8.50. The van der Waals surface area contributed by atoms with E-state index in [4.69, 9.17) is 4.74 Å². The molecule has 1 saturated heterocycles. The SMILES string of the molecule is O=C(NCC1CNCCO1)Nc1ccc(F)cc1. The van der Waals surface area contributed by atoms with Gasteiger partial charge in [0.05, 0.1) is 12.7 Å². The number of hydrogen-bond acceptors (Lipinski definition) is 3. The van der Waals surface area contributed by atoms with E-state index < -0.39 is 0 Å². The maximum Gasteiger partial charge on any atom is 0.319 e. The second-order valence-electron chi connectivity index (χ2n) is 4.04. The zero-order valence-electron chi connectivity index (χ0n) is 9.91. The molecule has 1 aromatic carbocycles. The third-order valence-electron chi connectivity index (χ3n) is 2.60. The van der Waals surface area contributed by atoms with Crippen LogP contribution in [0.1, 0.15) is 0 Å². The van der Waals surface area contributed by atoms with Crippen molar-refractivity contribution in [2.75, 3.05) is 31.6 Å². The summed E-state index contributed by atoms with van der Waals surface area (Å²) in [6, 6.07) is 5.28. The summed E-state index contributed by atoms with van der Waals surface area (Å²) in [4.78, 5) is 11.5. The van der Waals surface area contributed by atoms with Crippen molar-refractivity contribution in [2.24, 2.45) is 0 Å². The lowest BCUT2D eigenvalue weighted by Crippen LogP contribution is -2.45. The minimum absolute atomic E-state index is 0.00211. The van der Waals surface area contributed by atoms with Gasteiger partial charge in [0, 0.05) is 25.3 Å². The van der Waals surface area contributed by atoms with Crippen molar-refractivity contribution in [3.05, 3.63) is 30.1 Å². The van der Waals surface area contributed by atoms with Gasteiger partial charge in [0.15, 0.2) is 0 Å². The van der Waals surface area contributed by atoms with E-state index in [1.807, 2.05) is 0 Å². The normalized spacial score (nSPS) is 19.3. The first-order valence-corrected chi connectivity index (χ1v) is 5.87. The summed E-state index contributed by atoms with van der Waals surface area (Å²) in [6.07, 6.45) is -0.00211. The second kappa shape index (κ2) is 6.32. The molecule has 0 bridgehead atoms. The maximum absolute atomic E-state index is 12.7. The smallest absolute Gasteiger partial charge is 0.319 e. The highest BCUT2D eigenvalue weighted by Gasteiger charge is 2.13. The zero-order valence-corrected chi connectivity index (χ0v) is 9.91. The van der Waals surface area contributed by atoms with Crippen LogP contribution < -0.4 is 16.0 Å². The lowest BCUT2D eigenvalue weighted by Gasteiger charge is -2.23. The standard InChI is InChI=1S/C12H16FN3O2/c13-9-1-3-10(4-2-9)16-12(17)15-8-11-7-14-5-6-18-11/h1-4,11,14H,5-8H2,(H2,15,16,17). The molecule has 1 aliphatic heterocycles. The van der Waals surface area contributed by atoms with E-state index in [1.54, 1.807) is 0 Å². The molecule has 0 radical (unpaired) electrons. The summed E-state index contributed by atoms with van der Waals surface area (Å²) >= 11 is 0. The number of morpholine rings is 1. The Balaban J connectivity index is 1.73. The number of rotatable bonds is 3. The minimum atomic E-state index is -0.331. The Kier molecular flexibility index (Phi) is 4.49. The molecule has 1 aliphatic rings. The fourth-order valence-electron chi connectivity index (χ4n) is 1.67. The molecule has 0 spiro atoms. The monoisotopic (exact) mass is 253 g/mol. The molecule has 1 atom stereocenters. The molecule has 0 aliphatic carbocycles. The third-order valence-corrected chi connectivity index (χ3v) is 2.60. The summed E-state index contributed by atoms with van der Waals surface area (Å²) in [6.45, 7) is 2.68. The first-order chi connectivity index (χ1) is 8.74. The van der Waals surface area contributed by atoms with Gasteiger partial charge in [0.2, 0.25) is 0 Å². The molecule has 1 unspecified atom stereocenters. The average molecular weight is 253 g/mol. The fraction of sp³-hybridized carbons (Fsp3) is 0.417. The van der Waals surface area contributed by atoms with Crippen LogP contribution >= 0.6 is 0 Å². The molecule has 1 aromatic rings. The molecule has 1 heterocycles. The van der Waals surface area contributed by atoms with Crippen LogP contribution in [0.15, 0.2) is 24.3 Å². The van der Waals surface area contributed by atoms with E-state index in [2.05, 4.69) is 16.0 Å². The van der Waals surface area contributed by atoms with E-state index >= 15 is 0 Å². The Labute approximate surface area is 105 Å². The Bertz CT molecular complexity index is 391. The van der Waals surface area contributed by atoms with Crippen molar-refractivity contribution in [3.8, 4) is 0 Å². The lowest BCUT2D eigenvalue weighted by molar-refractivity contribution is 0.0310. The van der Waals surface area contributed by atoms with Crippen molar-refractivity contribution in [3.63, 3.8) is 0 Å². The van der Waals surface area contributed by atoms with Crippen molar-refractivity contribution in [1.29, 1.82) is 0 Å². The molecule has 3 N–H and O–H groups in total. The molecule has 2 amide bonds. The Morgan fingerprint density at radius 3 is 2.89 bits per heavy atom. The molecule has 98 valence electrons. The van der Waals surface area contributed by atoms with Crippen LogP contribution in [0.2, 0.25) is 0 Å². The highest BCUT2D eigenvalue weighted by atomic mass is 19.1. The van der Waals surface area contributed by atoms with Crippen LogP contribution in [-0.4, -0.2) is 38.4 Å². The molecule has 18 heavy (non-hydrogen) atoms. The first kappa shape index (κ1) is 12.8. The van der Waals surface area contributed by atoms with Crippen molar-refractivity contribution in [1.82, 2.24) is 10.6 Å². The summed E-state index contributed by atoms with van der Waals surface area (Å²) in [5.41, 5.74) is 0.552. The van der Waals surface area contributed by atoms with Gasteiger partial charge in [-0.25, -0.2) is 9.18 Å². The van der Waals surface area contributed by atoms with Gasteiger partial charge in [-0.05, 0) is 24.3 Å². The number of carbonyl (C=O) groups excluding carboxylic acids is 1. The number of nitrogens with one attached hydrogen (secondary N) is 3. The quantitative estimate of drug-likeness (QED) is 0.751. The van der Waals surface area contributed by atoms with E-state index in [9.17, 15) is 9.18 Å². The molecule has 2 rings (SSSR count). The van der Waals surface area contributed by atoms with Crippen molar-refractivity contribution >= 4 is 11.7 Å². The molecular formula is C12H16FN3O2. The highest BCUT2D eigenvalue weighted by molar-refractivity contribution is 5.89. The predicted molar refractivity (Wildman–Crippen MR) is 66.0 cm³/mol. The van der Waals surface area contributed by atoms with Gasteiger partial charge in [0.1, 0.15) is 5.82 Å². The average Bonchev–Trinajstić information content (AvgIpc) is 2.40. The summed E-state index contributed by atoms with van der Waals surface area (Å²) < 4.78 is 18.1. The largest absolute Gasteiger partial charge is 0.374 e. The fourth-order valence-corrected chi connectivity index (χ4v) is 1.67. The third kappa shape index (κ3) is 3.97. The highest BCUT2D eigenvalue weighted by Crippen LogP contribution is 2.07. The number of benzene rings is 1. The van der Waals surface area contributed by atoms with Gasteiger partial charge in [-0.1, -0.05) is 0 Å². The van der Waals surface area contributed by atoms with Gasteiger partial charge >= 0.3 is 6.03 Å². The van der Waals surface area contributed by atoms with Crippen LogP contribution in [0.4, 0.5) is 14.9 Å². The van der Waals surface area contributed by atoms with Crippen LogP contribution in [0, 0.1) is 5.82 Å². The lowest BCUT2D eigenvalue weighted by atomic mass is 10.3. The number of halogens is 1. The molecule has 5 nitrogen and oxygen atoms in total. The topological polar surface area (TPSA) is 62.4 Å². The Morgan fingerprint density at radius 1 is 1.44 bits per heavy atom. The first-order valence-electron chi connectivity index (χ1n) is 5.87. The van der Waals surface area contributed by atoms with Gasteiger partial charge in [-0.15, -0.1) is 0 Å². The van der Waals surface area contributed by atoms with Crippen molar-refractivity contribution in [2.45, 2.75) is 6.10 Å². The maximum atomic E-state index is 12.7. The van der Waals surface area contributed by atoms with E-state index in [-0.39, 0.29) is 18.0 Å². The van der Waals surface area contributed by atoms with E-state index in [0.717, 1.165) is 13.1 Å². The molecular weight excluding hydrogens is 237 g/mol. The van der Waals surface area contributed by atoms with Gasteiger partial charge in [0.25, 0.3) is 0 Å². The number of urea groups is 1. The molecule has 1 fully saturated rings.